The summed E-state index contributed by atoms with van der Waals surface area (Å²) in [6.07, 6.45) is 6.01. The quantitative estimate of drug-likeness (QED) is 0.713. The molecule has 6 nitrogen and oxygen atoms in total. The molecule has 1 aromatic rings. The van der Waals surface area contributed by atoms with Crippen molar-refractivity contribution in [3.8, 4) is 0 Å². The van der Waals surface area contributed by atoms with Gasteiger partial charge in [0, 0.05) is 37.7 Å². The van der Waals surface area contributed by atoms with Gasteiger partial charge >= 0.3 is 0 Å². The number of hydrogen-bond donors (Lipinski definition) is 0. The lowest BCUT2D eigenvalue weighted by atomic mass is 10.2. The van der Waals surface area contributed by atoms with Crippen molar-refractivity contribution < 1.29 is 13.2 Å². The lowest BCUT2D eigenvalue weighted by Crippen LogP contribution is -2.33. The molecule has 1 atom stereocenters. The zero-order chi connectivity index (χ0) is 17.3. The van der Waals surface area contributed by atoms with Gasteiger partial charge in [-0.05, 0) is 31.6 Å². The zero-order valence-corrected chi connectivity index (χ0v) is 16.2. The molecule has 1 aromatic heterocycles. The van der Waals surface area contributed by atoms with Crippen LogP contribution >= 0.6 is 11.8 Å². The van der Waals surface area contributed by atoms with Crippen LogP contribution in [0.3, 0.4) is 0 Å². The van der Waals surface area contributed by atoms with E-state index in [4.69, 9.17) is 4.74 Å². The topological polar surface area (TPSA) is 64.4 Å². The molecule has 0 amide bonds. The normalized spacial score (nSPS) is 25.5. The smallest absolute Gasteiger partial charge is 0.227 e. The predicted molar refractivity (Wildman–Crippen MR) is 98.6 cm³/mol. The summed E-state index contributed by atoms with van der Waals surface area (Å²) in [5.41, 5.74) is 1.01. The van der Waals surface area contributed by atoms with Gasteiger partial charge in [0.25, 0.3) is 0 Å². The van der Waals surface area contributed by atoms with Gasteiger partial charge in [0.2, 0.25) is 15.0 Å². The Morgan fingerprint density at radius 3 is 2.72 bits per heavy atom. The van der Waals surface area contributed by atoms with Gasteiger partial charge in [-0.2, -0.15) is 11.8 Å². The Hall–Kier alpha value is -0.570. The molecule has 0 bridgehead atoms. The van der Waals surface area contributed by atoms with Crippen molar-refractivity contribution in [3.05, 3.63) is 11.9 Å². The molecule has 0 spiro atoms. The van der Waals surface area contributed by atoms with Gasteiger partial charge < -0.3 is 9.30 Å². The lowest BCUT2D eigenvalue weighted by Gasteiger charge is -2.27. The molecule has 3 fully saturated rings. The Labute approximate surface area is 154 Å². The molecule has 3 heterocycles. The molecule has 25 heavy (non-hydrogen) atoms. The molecule has 8 heteroatoms. The van der Waals surface area contributed by atoms with Crippen LogP contribution in [0, 0.1) is 5.92 Å². The minimum absolute atomic E-state index is 0.111. The summed E-state index contributed by atoms with van der Waals surface area (Å²) < 4.78 is 33.4. The van der Waals surface area contributed by atoms with Gasteiger partial charge in [-0.1, -0.05) is 0 Å². The van der Waals surface area contributed by atoms with Crippen molar-refractivity contribution >= 4 is 21.6 Å². The van der Waals surface area contributed by atoms with Gasteiger partial charge in [0.1, 0.15) is 0 Å². The number of ether oxygens (including phenoxy) is 1. The molecule has 1 saturated carbocycles. The van der Waals surface area contributed by atoms with Crippen LogP contribution in [0.4, 0.5) is 0 Å². The standard InChI is InChI=1S/C17H27N3O3S2/c21-25(22,13-14-3-4-14)17-18-10-15(11-19-5-8-24-9-6-19)20(17)12-16-2-1-7-23-16/h10,14,16H,1-9,11-13H2/t16-/m1/s1. The summed E-state index contributed by atoms with van der Waals surface area (Å²) in [6.45, 7) is 4.28. The van der Waals surface area contributed by atoms with Crippen LogP contribution in [0.5, 0.6) is 0 Å². The highest BCUT2D eigenvalue weighted by atomic mass is 32.2. The van der Waals surface area contributed by atoms with E-state index in [1.165, 1.54) is 0 Å². The molecular weight excluding hydrogens is 358 g/mol. The van der Waals surface area contributed by atoms with E-state index in [0.29, 0.717) is 12.5 Å². The van der Waals surface area contributed by atoms with Gasteiger partial charge in [0.15, 0.2) is 0 Å². The van der Waals surface area contributed by atoms with Crippen LogP contribution in [0.25, 0.3) is 0 Å². The highest BCUT2D eigenvalue weighted by Crippen LogP contribution is 2.32. The average molecular weight is 386 g/mol. The van der Waals surface area contributed by atoms with Crippen LogP contribution in [-0.2, 0) is 27.7 Å². The molecule has 2 aliphatic heterocycles. The van der Waals surface area contributed by atoms with Crippen LogP contribution in [-0.4, -0.2) is 65.9 Å². The first-order valence-corrected chi connectivity index (χ1v) is 12.1. The van der Waals surface area contributed by atoms with E-state index < -0.39 is 9.84 Å². The molecule has 140 valence electrons. The number of sulfone groups is 1. The Balaban J connectivity index is 1.58. The average Bonchev–Trinajstić information content (AvgIpc) is 3.09. The highest BCUT2D eigenvalue weighted by molar-refractivity contribution is 7.99. The summed E-state index contributed by atoms with van der Waals surface area (Å²) in [5, 5.41) is 0.260. The fourth-order valence-corrected chi connectivity index (χ4v) is 6.43. The number of hydrogen-bond acceptors (Lipinski definition) is 6. The molecule has 4 rings (SSSR count). The van der Waals surface area contributed by atoms with Gasteiger partial charge in [-0.25, -0.2) is 13.4 Å². The number of rotatable bonds is 7. The van der Waals surface area contributed by atoms with E-state index in [1.54, 1.807) is 6.20 Å². The second kappa shape index (κ2) is 7.58. The second-order valence-electron chi connectivity index (χ2n) is 7.39. The third kappa shape index (κ3) is 4.40. The molecule has 0 unspecified atom stereocenters. The SMILES string of the molecule is O=S(=O)(CC1CC1)c1ncc(CN2CCSCC2)n1C[C@H]1CCCO1. The van der Waals surface area contributed by atoms with Crippen LogP contribution < -0.4 is 0 Å². The van der Waals surface area contributed by atoms with Crippen LogP contribution in [0.15, 0.2) is 11.4 Å². The van der Waals surface area contributed by atoms with Crippen molar-refractivity contribution in [2.24, 2.45) is 5.92 Å². The number of aromatic nitrogens is 2. The summed E-state index contributed by atoms with van der Waals surface area (Å²) in [6, 6.07) is 0. The first kappa shape index (κ1) is 17.8. The van der Waals surface area contributed by atoms with Crippen molar-refractivity contribution in [1.29, 1.82) is 0 Å². The van der Waals surface area contributed by atoms with Gasteiger partial charge in [-0.15, -0.1) is 0 Å². The zero-order valence-electron chi connectivity index (χ0n) is 14.6. The molecule has 0 N–H and O–H groups in total. The third-order valence-electron chi connectivity index (χ3n) is 5.23. The van der Waals surface area contributed by atoms with E-state index in [0.717, 1.165) is 69.1 Å². The fraction of sp³-hybridized carbons (Fsp3) is 0.824. The van der Waals surface area contributed by atoms with E-state index in [9.17, 15) is 8.42 Å². The summed E-state index contributed by atoms with van der Waals surface area (Å²) in [7, 11) is -3.32. The monoisotopic (exact) mass is 385 g/mol. The molecule has 3 aliphatic rings. The van der Waals surface area contributed by atoms with Crippen LogP contribution in [0.1, 0.15) is 31.4 Å². The second-order valence-corrected chi connectivity index (χ2v) is 10.5. The molecule has 1 aliphatic carbocycles. The maximum atomic E-state index is 12.8. The Kier molecular flexibility index (Phi) is 5.41. The van der Waals surface area contributed by atoms with Gasteiger partial charge in [0.05, 0.1) is 30.3 Å². The van der Waals surface area contributed by atoms with E-state index in [2.05, 4.69) is 9.88 Å². The van der Waals surface area contributed by atoms with Crippen molar-refractivity contribution in [2.45, 2.75) is 50.0 Å². The number of nitrogens with zero attached hydrogens (tertiary/aromatic N) is 3. The molecule has 0 aromatic carbocycles. The first-order chi connectivity index (χ1) is 12.1. The molecule has 2 saturated heterocycles. The first-order valence-electron chi connectivity index (χ1n) is 9.31. The van der Waals surface area contributed by atoms with E-state index in [1.807, 2.05) is 16.3 Å². The Bertz CT molecular complexity index is 688. The Morgan fingerprint density at radius 1 is 1.24 bits per heavy atom. The number of imidazole rings is 1. The minimum Gasteiger partial charge on any atom is -0.376 e. The maximum Gasteiger partial charge on any atom is 0.227 e. The van der Waals surface area contributed by atoms with Crippen LogP contribution in [0.2, 0.25) is 0 Å². The van der Waals surface area contributed by atoms with E-state index >= 15 is 0 Å². The predicted octanol–water partition coefficient (Wildman–Crippen LogP) is 1.79. The summed E-state index contributed by atoms with van der Waals surface area (Å²) in [5.74, 6) is 2.87. The number of thioether (sulfide) groups is 1. The third-order valence-corrected chi connectivity index (χ3v) is 7.97. The maximum absolute atomic E-state index is 12.8. The minimum atomic E-state index is -3.32. The summed E-state index contributed by atoms with van der Waals surface area (Å²) in [4.78, 5) is 6.76. The largest absolute Gasteiger partial charge is 0.376 e. The lowest BCUT2D eigenvalue weighted by molar-refractivity contribution is 0.0933. The molecular formula is C17H27N3O3S2. The Morgan fingerprint density at radius 2 is 2.04 bits per heavy atom. The van der Waals surface area contributed by atoms with Crippen molar-refractivity contribution in [3.63, 3.8) is 0 Å². The molecule has 0 radical (unpaired) electrons. The van der Waals surface area contributed by atoms with E-state index in [-0.39, 0.29) is 17.0 Å². The summed E-state index contributed by atoms with van der Waals surface area (Å²) >= 11 is 1.98. The van der Waals surface area contributed by atoms with Gasteiger partial charge in [-0.3, -0.25) is 4.90 Å². The van der Waals surface area contributed by atoms with Crippen molar-refractivity contribution in [1.82, 2.24) is 14.5 Å². The van der Waals surface area contributed by atoms with Crippen molar-refractivity contribution in [2.75, 3.05) is 37.0 Å². The highest BCUT2D eigenvalue weighted by Gasteiger charge is 2.33. The fourth-order valence-electron chi connectivity index (χ4n) is 3.61.